The van der Waals surface area contributed by atoms with Crippen LogP contribution in [0.4, 0.5) is 0 Å². The van der Waals surface area contributed by atoms with Gasteiger partial charge in [-0.05, 0) is 80.4 Å². The van der Waals surface area contributed by atoms with E-state index in [1.165, 1.54) is 35.7 Å². The Morgan fingerprint density at radius 1 is 1.05 bits per heavy atom. The summed E-state index contributed by atoms with van der Waals surface area (Å²) in [7, 11) is 0. The highest BCUT2D eigenvalue weighted by Crippen LogP contribution is 2.54. The Kier molecular flexibility index (Phi) is 3.42. The van der Waals surface area contributed by atoms with Gasteiger partial charge in [-0.3, -0.25) is 0 Å². The van der Waals surface area contributed by atoms with E-state index in [-0.39, 0.29) is 0 Å². The second-order valence-corrected chi connectivity index (χ2v) is 8.32. The van der Waals surface area contributed by atoms with Crippen LogP contribution in [0.3, 0.4) is 0 Å². The summed E-state index contributed by atoms with van der Waals surface area (Å²) in [5, 5.41) is 3.98. The summed E-state index contributed by atoms with van der Waals surface area (Å²) >= 11 is 3.59. The summed E-state index contributed by atoms with van der Waals surface area (Å²) in [6.45, 7) is 2.33. The van der Waals surface area contributed by atoms with Gasteiger partial charge in [-0.15, -0.1) is 0 Å². The molecule has 20 heavy (non-hydrogen) atoms. The minimum atomic E-state index is 0.468. The molecule has 0 saturated heterocycles. The molecule has 0 radical (unpaired) electrons. The van der Waals surface area contributed by atoms with Crippen molar-refractivity contribution in [3.8, 4) is 0 Å². The van der Waals surface area contributed by atoms with E-state index < -0.39 is 0 Å². The van der Waals surface area contributed by atoms with Gasteiger partial charge < -0.3 is 5.32 Å². The Morgan fingerprint density at radius 2 is 1.70 bits per heavy atom. The van der Waals surface area contributed by atoms with Crippen LogP contribution in [0.15, 0.2) is 28.7 Å². The summed E-state index contributed by atoms with van der Waals surface area (Å²) in [5.41, 5.74) is 1.41. The highest BCUT2D eigenvalue weighted by Gasteiger charge is 2.48. The second-order valence-electron chi connectivity index (χ2n) is 7.40. The fraction of sp³-hybridized carbons (Fsp3) is 0.667. The summed E-state index contributed by atoms with van der Waals surface area (Å²) in [6, 6.07) is 10.0. The zero-order chi connectivity index (χ0) is 13.7. The van der Waals surface area contributed by atoms with Crippen LogP contribution in [0.1, 0.15) is 50.6 Å². The van der Waals surface area contributed by atoms with Gasteiger partial charge in [0.25, 0.3) is 0 Å². The number of benzene rings is 1. The SMILES string of the molecule is CC(NC1C2CC3CC(C2)CC1C3)c1cccc(Br)c1. The Hall–Kier alpha value is -0.340. The van der Waals surface area contributed by atoms with Gasteiger partial charge in [-0.1, -0.05) is 28.1 Å². The molecule has 0 amide bonds. The largest absolute Gasteiger partial charge is 0.307 e. The molecule has 1 aromatic carbocycles. The topological polar surface area (TPSA) is 12.0 Å². The molecule has 5 rings (SSSR count). The van der Waals surface area contributed by atoms with Gasteiger partial charge in [0.1, 0.15) is 0 Å². The van der Waals surface area contributed by atoms with Gasteiger partial charge in [0.05, 0.1) is 0 Å². The molecule has 2 heteroatoms. The van der Waals surface area contributed by atoms with Crippen molar-refractivity contribution >= 4 is 15.9 Å². The summed E-state index contributed by atoms with van der Waals surface area (Å²) in [6.07, 6.45) is 7.53. The van der Waals surface area contributed by atoms with E-state index in [4.69, 9.17) is 0 Å². The predicted molar refractivity (Wildman–Crippen MR) is 86.5 cm³/mol. The van der Waals surface area contributed by atoms with Crippen LogP contribution in [0.5, 0.6) is 0 Å². The fourth-order valence-corrected chi connectivity index (χ4v) is 5.78. The first kappa shape index (κ1) is 13.3. The molecule has 4 saturated carbocycles. The van der Waals surface area contributed by atoms with Gasteiger partial charge in [-0.25, -0.2) is 0 Å². The van der Waals surface area contributed by atoms with Gasteiger partial charge in [0, 0.05) is 16.6 Å². The van der Waals surface area contributed by atoms with Crippen LogP contribution in [-0.2, 0) is 0 Å². The molecule has 4 fully saturated rings. The lowest BCUT2D eigenvalue weighted by Crippen LogP contribution is -2.54. The van der Waals surface area contributed by atoms with Crippen LogP contribution in [0, 0.1) is 23.7 Å². The molecule has 0 aromatic heterocycles. The molecule has 4 bridgehead atoms. The standard InChI is InChI=1S/C18H24BrN/c1-11(14-3-2-4-17(19)10-14)20-18-15-6-12-5-13(8-15)9-16(18)7-12/h2-4,10-13,15-16,18,20H,5-9H2,1H3. The molecule has 0 heterocycles. The van der Waals surface area contributed by atoms with Crippen molar-refractivity contribution in [2.75, 3.05) is 0 Å². The third-order valence-corrected chi connectivity index (χ3v) is 6.51. The summed E-state index contributed by atoms with van der Waals surface area (Å²) in [5.74, 6) is 4.05. The van der Waals surface area contributed by atoms with Crippen molar-refractivity contribution in [3.05, 3.63) is 34.3 Å². The van der Waals surface area contributed by atoms with Gasteiger partial charge in [0.15, 0.2) is 0 Å². The van der Waals surface area contributed by atoms with Crippen LogP contribution >= 0.6 is 15.9 Å². The van der Waals surface area contributed by atoms with E-state index in [0.29, 0.717) is 6.04 Å². The van der Waals surface area contributed by atoms with E-state index in [1.807, 2.05) is 0 Å². The molecule has 1 nitrogen and oxygen atoms in total. The second kappa shape index (κ2) is 5.14. The van der Waals surface area contributed by atoms with E-state index in [9.17, 15) is 0 Å². The van der Waals surface area contributed by atoms with Crippen molar-refractivity contribution in [1.82, 2.24) is 5.32 Å². The lowest BCUT2D eigenvalue weighted by molar-refractivity contribution is -0.0171. The zero-order valence-corrected chi connectivity index (χ0v) is 13.8. The van der Waals surface area contributed by atoms with Crippen LogP contribution in [-0.4, -0.2) is 6.04 Å². The molecule has 108 valence electrons. The maximum atomic E-state index is 3.98. The van der Waals surface area contributed by atoms with Crippen molar-refractivity contribution in [2.24, 2.45) is 23.7 Å². The molecule has 4 aliphatic carbocycles. The molecule has 1 atom stereocenters. The Bertz CT molecular complexity index is 470. The van der Waals surface area contributed by atoms with Crippen LogP contribution in [0.25, 0.3) is 0 Å². The first-order chi connectivity index (χ1) is 9.69. The lowest BCUT2D eigenvalue weighted by atomic mass is 9.54. The molecule has 4 aliphatic rings. The average molecular weight is 334 g/mol. The smallest absolute Gasteiger partial charge is 0.0294 e. The lowest BCUT2D eigenvalue weighted by Gasteiger charge is -2.55. The minimum absolute atomic E-state index is 0.468. The Balaban J connectivity index is 1.49. The maximum Gasteiger partial charge on any atom is 0.0294 e. The third kappa shape index (κ3) is 2.35. The number of hydrogen-bond acceptors (Lipinski definition) is 1. The number of hydrogen-bond donors (Lipinski definition) is 1. The monoisotopic (exact) mass is 333 g/mol. The quantitative estimate of drug-likeness (QED) is 0.827. The van der Waals surface area contributed by atoms with E-state index in [0.717, 1.165) is 29.7 Å². The highest BCUT2D eigenvalue weighted by atomic mass is 79.9. The molecule has 0 spiro atoms. The summed E-state index contributed by atoms with van der Waals surface area (Å²) in [4.78, 5) is 0. The van der Waals surface area contributed by atoms with Crippen LogP contribution < -0.4 is 5.32 Å². The first-order valence-corrected chi connectivity index (χ1v) is 9.00. The van der Waals surface area contributed by atoms with Gasteiger partial charge in [-0.2, -0.15) is 0 Å². The molecular weight excluding hydrogens is 310 g/mol. The first-order valence-electron chi connectivity index (χ1n) is 8.20. The molecule has 1 N–H and O–H groups in total. The van der Waals surface area contributed by atoms with E-state index >= 15 is 0 Å². The van der Waals surface area contributed by atoms with Crippen molar-refractivity contribution in [3.63, 3.8) is 0 Å². The number of rotatable bonds is 3. The van der Waals surface area contributed by atoms with Crippen molar-refractivity contribution in [2.45, 2.75) is 51.1 Å². The maximum absolute atomic E-state index is 3.98. The minimum Gasteiger partial charge on any atom is -0.307 e. The predicted octanol–water partition coefficient (Wildman–Crippen LogP) is 4.92. The highest BCUT2D eigenvalue weighted by molar-refractivity contribution is 9.10. The Labute approximate surface area is 130 Å². The molecule has 0 aliphatic heterocycles. The zero-order valence-electron chi connectivity index (χ0n) is 12.2. The molecular formula is C18H24BrN. The fourth-order valence-electron chi connectivity index (χ4n) is 5.36. The molecule has 1 aromatic rings. The van der Waals surface area contributed by atoms with E-state index in [1.54, 1.807) is 6.42 Å². The number of nitrogens with one attached hydrogen (secondary N) is 1. The van der Waals surface area contributed by atoms with Gasteiger partial charge in [0.2, 0.25) is 0 Å². The van der Waals surface area contributed by atoms with Crippen molar-refractivity contribution < 1.29 is 0 Å². The normalized spacial score (nSPS) is 40.0. The Morgan fingerprint density at radius 3 is 2.30 bits per heavy atom. The number of halogens is 1. The molecule has 1 unspecified atom stereocenters. The summed E-state index contributed by atoms with van der Waals surface area (Å²) < 4.78 is 1.19. The van der Waals surface area contributed by atoms with Crippen LogP contribution in [0.2, 0.25) is 0 Å². The van der Waals surface area contributed by atoms with E-state index in [2.05, 4.69) is 52.4 Å². The van der Waals surface area contributed by atoms with Gasteiger partial charge >= 0.3 is 0 Å². The average Bonchev–Trinajstić information content (AvgIpc) is 2.42. The third-order valence-electron chi connectivity index (χ3n) is 6.02. The van der Waals surface area contributed by atoms with Crippen molar-refractivity contribution in [1.29, 1.82) is 0 Å².